The quantitative estimate of drug-likeness (QED) is 0.740. The molecule has 0 saturated heterocycles. The number of aryl methyl sites for hydroxylation is 1. The fourth-order valence-electron chi connectivity index (χ4n) is 3.30. The molecule has 1 N–H and O–H groups in total. The Morgan fingerprint density at radius 1 is 1.21 bits per heavy atom. The molecular formula is C23H30N2O4. The molecule has 6 nitrogen and oxygen atoms in total. The summed E-state index contributed by atoms with van der Waals surface area (Å²) in [6, 6.07) is 13.6. The maximum atomic E-state index is 12.1. The molecule has 0 spiro atoms. The van der Waals surface area contributed by atoms with Gasteiger partial charge in [-0.15, -0.1) is 0 Å². The van der Waals surface area contributed by atoms with Crippen molar-refractivity contribution in [3.05, 3.63) is 53.6 Å². The minimum absolute atomic E-state index is 0.0176. The molecule has 6 heteroatoms. The first-order valence-electron chi connectivity index (χ1n) is 10.1. The van der Waals surface area contributed by atoms with Crippen LogP contribution in [0.25, 0.3) is 0 Å². The first-order chi connectivity index (χ1) is 14.1. The summed E-state index contributed by atoms with van der Waals surface area (Å²) in [5, 5.41) is 2.94. The number of benzene rings is 2. The van der Waals surface area contributed by atoms with Gasteiger partial charge in [0.05, 0.1) is 7.11 Å². The Kier molecular flexibility index (Phi) is 7.36. The standard InChI is InChI=1S/C23H30N2O4/c1-4-19-15-25(14-18-13-21(27-3)9-10-22(18)29-19)12-11-24-23(26)16-28-20-7-5-17(2)6-8-20/h5-10,13,19H,4,11-12,14-16H2,1-3H3,(H,24,26)/t19-/m0/s1. The summed E-state index contributed by atoms with van der Waals surface area (Å²) in [5.74, 6) is 2.32. The summed E-state index contributed by atoms with van der Waals surface area (Å²) in [4.78, 5) is 14.4. The van der Waals surface area contributed by atoms with Crippen LogP contribution in [0.15, 0.2) is 42.5 Å². The predicted molar refractivity (Wildman–Crippen MR) is 113 cm³/mol. The number of hydrogen-bond donors (Lipinski definition) is 1. The van der Waals surface area contributed by atoms with Crippen LogP contribution in [-0.4, -0.2) is 50.3 Å². The Bertz CT molecular complexity index is 807. The molecule has 0 aliphatic carbocycles. The number of methoxy groups -OCH3 is 1. The first-order valence-corrected chi connectivity index (χ1v) is 10.1. The molecule has 156 valence electrons. The van der Waals surface area contributed by atoms with Crippen molar-refractivity contribution < 1.29 is 19.0 Å². The van der Waals surface area contributed by atoms with E-state index in [0.29, 0.717) is 12.3 Å². The summed E-state index contributed by atoms with van der Waals surface area (Å²) < 4.78 is 17.0. The summed E-state index contributed by atoms with van der Waals surface area (Å²) in [6.45, 7) is 7.05. The lowest BCUT2D eigenvalue weighted by atomic mass is 10.2. The summed E-state index contributed by atoms with van der Waals surface area (Å²) in [5.41, 5.74) is 2.27. The highest BCUT2D eigenvalue weighted by atomic mass is 16.5. The number of nitrogens with one attached hydrogen (secondary N) is 1. The molecule has 0 bridgehead atoms. The highest BCUT2D eigenvalue weighted by Crippen LogP contribution is 2.29. The van der Waals surface area contributed by atoms with E-state index in [1.54, 1.807) is 7.11 Å². The van der Waals surface area contributed by atoms with E-state index in [-0.39, 0.29) is 18.6 Å². The van der Waals surface area contributed by atoms with Gasteiger partial charge in [0.1, 0.15) is 23.4 Å². The monoisotopic (exact) mass is 398 g/mol. The Labute approximate surface area is 172 Å². The average Bonchev–Trinajstić information content (AvgIpc) is 2.91. The van der Waals surface area contributed by atoms with Gasteiger partial charge in [0.25, 0.3) is 5.91 Å². The van der Waals surface area contributed by atoms with Gasteiger partial charge in [0, 0.05) is 31.7 Å². The van der Waals surface area contributed by atoms with Crippen molar-refractivity contribution >= 4 is 5.91 Å². The number of carbonyl (C=O) groups excluding carboxylic acids is 1. The molecule has 1 aliphatic heterocycles. The van der Waals surface area contributed by atoms with Crippen molar-refractivity contribution in [3.63, 3.8) is 0 Å². The van der Waals surface area contributed by atoms with Gasteiger partial charge in [-0.05, 0) is 43.7 Å². The van der Waals surface area contributed by atoms with Crippen LogP contribution in [0, 0.1) is 6.92 Å². The van der Waals surface area contributed by atoms with Crippen LogP contribution in [0.1, 0.15) is 24.5 Å². The van der Waals surface area contributed by atoms with Crippen molar-refractivity contribution in [2.75, 3.05) is 33.4 Å². The number of nitrogens with zero attached hydrogens (tertiary/aromatic N) is 1. The molecule has 0 radical (unpaired) electrons. The van der Waals surface area contributed by atoms with Crippen LogP contribution < -0.4 is 19.5 Å². The van der Waals surface area contributed by atoms with Crippen LogP contribution in [0.3, 0.4) is 0 Å². The van der Waals surface area contributed by atoms with Gasteiger partial charge < -0.3 is 19.5 Å². The van der Waals surface area contributed by atoms with Crippen LogP contribution in [0.5, 0.6) is 17.2 Å². The van der Waals surface area contributed by atoms with Crippen molar-refractivity contribution in [1.82, 2.24) is 10.2 Å². The van der Waals surface area contributed by atoms with Gasteiger partial charge in [0.15, 0.2) is 6.61 Å². The molecular weight excluding hydrogens is 368 g/mol. The second kappa shape index (κ2) is 10.2. The maximum absolute atomic E-state index is 12.1. The van der Waals surface area contributed by atoms with Gasteiger partial charge in [-0.25, -0.2) is 0 Å². The van der Waals surface area contributed by atoms with Gasteiger partial charge in [0.2, 0.25) is 0 Å². The SMILES string of the molecule is CC[C@H]1CN(CCNC(=O)COc2ccc(C)cc2)Cc2cc(OC)ccc2O1. The van der Waals surface area contributed by atoms with Crippen LogP contribution in [0.2, 0.25) is 0 Å². The Morgan fingerprint density at radius 2 is 1.97 bits per heavy atom. The molecule has 0 aromatic heterocycles. The molecule has 0 saturated carbocycles. The third kappa shape index (κ3) is 6.12. The lowest BCUT2D eigenvalue weighted by Crippen LogP contribution is -2.39. The first kappa shape index (κ1) is 21.0. The topological polar surface area (TPSA) is 60.0 Å². The number of hydrogen-bond acceptors (Lipinski definition) is 5. The van der Waals surface area contributed by atoms with E-state index in [1.807, 2.05) is 49.4 Å². The number of amides is 1. The van der Waals surface area contributed by atoms with Gasteiger partial charge in [-0.3, -0.25) is 9.69 Å². The molecule has 2 aromatic rings. The normalized spacial score (nSPS) is 16.3. The summed E-state index contributed by atoms with van der Waals surface area (Å²) in [6.07, 6.45) is 1.06. The zero-order valence-electron chi connectivity index (χ0n) is 17.4. The lowest BCUT2D eigenvalue weighted by molar-refractivity contribution is -0.123. The average molecular weight is 399 g/mol. The van der Waals surface area contributed by atoms with E-state index >= 15 is 0 Å². The molecule has 29 heavy (non-hydrogen) atoms. The Morgan fingerprint density at radius 3 is 2.69 bits per heavy atom. The van der Waals surface area contributed by atoms with Crippen molar-refractivity contribution in [1.29, 1.82) is 0 Å². The maximum Gasteiger partial charge on any atom is 0.257 e. The largest absolute Gasteiger partial charge is 0.497 e. The summed E-state index contributed by atoms with van der Waals surface area (Å²) >= 11 is 0. The zero-order chi connectivity index (χ0) is 20.6. The summed E-state index contributed by atoms with van der Waals surface area (Å²) in [7, 11) is 1.67. The van der Waals surface area contributed by atoms with Crippen LogP contribution >= 0.6 is 0 Å². The van der Waals surface area contributed by atoms with E-state index in [4.69, 9.17) is 14.2 Å². The predicted octanol–water partition coefficient (Wildman–Crippen LogP) is 3.17. The molecule has 0 unspecified atom stereocenters. The Hall–Kier alpha value is -2.73. The van der Waals surface area contributed by atoms with E-state index in [2.05, 4.69) is 17.1 Å². The molecule has 2 aromatic carbocycles. The number of carbonyl (C=O) groups is 1. The van der Waals surface area contributed by atoms with E-state index in [1.165, 1.54) is 0 Å². The molecule has 1 aliphatic rings. The van der Waals surface area contributed by atoms with Gasteiger partial charge in [-0.1, -0.05) is 24.6 Å². The smallest absolute Gasteiger partial charge is 0.257 e. The van der Waals surface area contributed by atoms with Crippen molar-refractivity contribution in [2.45, 2.75) is 32.9 Å². The fraction of sp³-hybridized carbons (Fsp3) is 0.435. The third-order valence-electron chi connectivity index (χ3n) is 5.01. The molecule has 3 rings (SSSR count). The number of ether oxygens (including phenoxy) is 3. The van der Waals surface area contributed by atoms with E-state index < -0.39 is 0 Å². The van der Waals surface area contributed by atoms with Crippen molar-refractivity contribution in [3.8, 4) is 17.2 Å². The minimum Gasteiger partial charge on any atom is -0.497 e. The van der Waals surface area contributed by atoms with E-state index in [0.717, 1.165) is 48.7 Å². The zero-order valence-corrected chi connectivity index (χ0v) is 17.4. The van der Waals surface area contributed by atoms with Gasteiger partial charge in [-0.2, -0.15) is 0 Å². The fourth-order valence-corrected chi connectivity index (χ4v) is 3.30. The second-order valence-electron chi connectivity index (χ2n) is 7.31. The second-order valence-corrected chi connectivity index (χ2v) is 7.31. The Balaban J connectivity index is 1.49. The number of rotatable bonds is 8. The molecule has 1 heterocycles. The van der Waals surface area contributed by atoms with E-state index in [9.17, 15) is 4.79 Å². The lowest BCUT2D eigenvalue weighted by Gasteiger charge is -2.23. The van der Waals surface area contributed by atoms with Gasteiger partial charge >= 0.3 is 0 Å². The highest BCUT2D eigenvalue weighted by Gasteiger charge is 2.22. The van der Waals surface area contributed by atoms with Crippen LogP contribution in [-0.2, 0) is 11.3 Å². The third-order valence-corrected chi connectivity index (χ3v) is 5.01. The number of fused-ring (bicyclic) bond motifs is 1. The van der Waals surface area contributed by atoms with Crippen LogP contribution in [0.4, 0.5) is 0 Å². The molecule has 1 atom stereocenters. The minimum atomic E-state index is -0.120. The highest BCUT2D eigenvalue weighted by molar-refractivity contribution is 5.77. The molecule has 1 amide bonds. The van der Waals surface area contributed by atoms with Crippen molar-refractivity contribution in [2.24, 2.45) is 0 Å². The molecule has 0 fully saturated rings.